The quantitative estimate of drug-likeness (QED) is 0.480. The number of hydrogen-bond donors (Lipinski definition) is 2. The molecule has 0 aliphatic heterocycles. The van der Waals surface area contributed by atoms with Crippen LogP contribution >= 0.6 is 11.8 Å². The monoisotopic (exact) mass is 495 g/mol. The first kappa shape index (κ1) is 29.3. The second-order valence-electron chi connectivity index (χ2n) is 8.93. The number of alkyl carbamates (subject to hydrolysis) is 1. The van der Waals surface area contributed by atoms with Crippen LogP contribution in [0.5, 0.6) is 0 Å². The lowest BCUT2D eigenvalue weighted by Gasteiger charge is -2.33. The molecule has 10 heteroatoms. The Hall–Kier alpha value is -2.75. The second kappa shape index (κ2) is 13.2. The van der Waals surface area contributed by atoms with Gasteiger partial charge in [-0.05, 0) is 69.7 Å². The lowest BCUT2D eigenvalue weighted by atomic mass is 9.94. The van der Waals surface area contributed by atoms with Crippen LogP contribution in [0.25, 0.3) is 0 Å². The van der Waals surface area contributed by atoms with E-state index in [9.17, 15) is 19.2 Å². The van der Waals surface area contributed by atoms with E-state index in [1.54, 1.807) is 20.8 Å². The van der Waals surface area contributed by atoms with Crippen molar-refractivity contribution in [3.05, 3.63) is 34.9 Å². The fourth-order valence-corrected chi connectivity index (χ4v) is 3.87. The van der Waals surface area contributed by atoms with Crippen molar-refractivity contribution >= 4 is 35.6 Å². The molecule has 0 spiro atoms. The van der Waals surface area contributed by atoms with E-state index in [2.05, 4.69) is 15.4 Å². The minimum Gasteiger partial charge on any atom is -0.468 e. The molecule has 190 valence electrons. The molecule has 0 heterocycles. The molecule has 0 fully saturated rings. The molecule has 0 aliphatic rings. The summed E-state index contributed by atoms with van der Waals surface area (Å²) in [7, 11) is 2.74. The Morgan fingerprint density at radius 3 is 2.21 bits per heavy atom. The van der Waals surface area contributed by atoms with Gasteiger partial charge in [0.15, 0.2) is 0 Å². The number of hydrogen-bond acceptors (Lipinski definition) is 7. The summed E-state index contributed by atoms with van der Waals surface area (Å²) in [6, 6.07) is 3.66. The van der Waals surface area contributed by atoms with E-state index in [1.165, 1.54) is 30.8 Å². The molecule has 0 aliphatic carbocycles. The van der Waals surface area contributed by atoms with Gasteiger partial charge in [-0.1, -0.05) is 18.2 Å². The van der Waals surface area contributed by atoms with Gasteiger partial charge in [-0.2, -0.15) is 11.8 Å². The number of rotatable bonds is 10. The first-order valence-corrected chi connectivity index (χ1v) is 12.4. The molecule has 2 atom stereocenters. The van der Waals surface area contributed by atoms with E-state index < -0.39 is 41.6 Å². The molecule has 3 amide bonds. The van der Waals surface area contributed by atoms with E-state index in [1.807, 2.05) is 38.3 Å². The van der Waals surface area contributed by atoms with Gasteiger partial charge in [-0.3, -0.25) is 14.4 Å². The fourth-order valence-electron chi connectivity index (χ4n) is 3.40. The van der Waals surface area contributed by atoms with Crippen LogP contribution in [-0.4, -0.2) is 73.1 Å². The summed E-state index contributed by atoms with van der Waals surface area (Å²) in [6.07, 6.45) is 1.55. The Morgan fingerprint density at radius 1 is 1.12 bits per heavy atom. The van der Waals surface area contributed by atoms with Crippen LogP contribution in [0.1, 0.15) is 49.9 Å². The summed E-state index contributed by atoms with van der Waals surface area (Å²) >= 11 is 1.54. The smallest absolute Gasteiger partial charge is 0.408 e. The molecule has 0 aromatic heterocycles. The molecule has 1 aromatic rings. The van der Waals surface area contributed by atoms with Crippen molar-refractivity contribution < 1.29 is 28.7 Å². The Morgan fingerprint density at radius 2 is 1.71 bits per heavy atom. The Labute approximate surface area is 206 Å². The zero-order valence-electron chi connectivity index (χ0n) is 21.3. The highest BCUT2D eigenvalue weighted by Crippen LogP contribution is 2.27. The van der Waals surface area contributed by atoms with Crippen LogP contribution in [0.15, 0.2) is 18.2 Å². The number of carbonyl (C=O) groups is 4. The summed E-state index contributed by atoms with van der Waals surface area (Å²) in [5.74, 6) is -0.963. The highest BCUT2D eigenvalue weighted by molar-refractivity contribution is 7.98. The summed E-state index contributed by atoms with van der Waals surface area (Å²) < 4.78 is 9.94. The SMILES string of the molecule is COC(=O)CNC(=O)C(c1c(C)cccc1C)N(C)C(=O)C(CCSC)NC(=O)OC(C)(C)C. The predicted molar refractivity (Wildman–Crippen MR) is 133 cm³/mol. The number of ether oxygens (including phenoxy) is 2. The molecular formula is C24H37N3O6S. The van der Waals surface area contributed by atoms with E-state index in [4.69, 9.17) is 4.74 Å². The highest BCUT2D eigenvalue weighted by Gasteiger charge is 2.35. The number of nitrogens with one attached hydrogen (secondary N) is 2. The van der Waals surface area contributed by atoms with Crippen LogP contribution in [0.3, 0.4) is 0 Å². The minimum absolute atomic E-state index is 0.329. The molecule has 0 saturated carbocycles. The van der Waals surface area contributed by atoms with Gasteiger partial charge in [0.2, 0.25) is 11.8 Å². The maximum Gasteiger partial charge on any atom is 0.408 e. The van der Waals surface area contributed by atoms with Crippen LogP contribution in [0, 0.1) is 13.8 Å². The van der Waals surface area contributed by atoms with Gasteiger partial charge in [0.25, 0.3) is 0 Å². The number of likely N-dealkylation sites (N-methyl/N-ethyl adjacent to an activating group) is 1. The second-order valence-corrected chi connectivity index (χ2v) is 9.92. The molecule has 1 rings (SSSR count). The standard InChI is InChI=1S/C24H37N3O6S/c1-15-10-9-11-16(2)19(15)20(21(29)25-14-18(28)32-7)27(6)22(30)17(12-13-34-8)26-23(31)33-24(3,4)5/h9-11,17,20H,12-14H2,1-8H3,(H,25,29)(H,26,31). The third-order valence-electron chi connectivity index (χ3n) is 5.03. The van der Waals surface area contributed by atoms with E-state index >= 15 is 0 Å². The first-order chi connectivity index (χ1) is 15.8. The number of esters is 1. The normalized spacial score (nSPS) is 12.8. The van der Waals surface area contributed by atoms with Crippen molar-refractivity contribution in [2.24, 2.45) is 0 Å². The number of thioether (sulfide) groups is 1. The zero-order chi connectivity index (χ0) is 26.1. The molecule has 0 saturated heterocycles. The third-order valence-corrected chi connectivity index (χ3v) is 5.68. The van der Waals surface area contributed by atoms with Gasteiger partial charge in [0, 0.05) is 7.05 Å². The van der Waals surface area contributed by atoms with E-state index in [0.29, 0.717) is 17.7 Å². The van der Waals surface area contributed by atoms with Gasteiger partial charge >= 0.3 is 12.1 Å². The van der Waals surface area contributed by atoms with Crippen LogP contribution in [-0.2, 0) is 23.9 Å². The van der Waals surface area contributed by atoms with E-state index in [-0.39, 0.29) is 6.54 Å². The fraction of sp³-hybridized carbons (Fsp3) is 0.583. The van der Waals surface area contributed by atoms with Crippen molar-refractivity contribution in [3.8, 4) is 0 Å². The average Bonchev–Trinajstić information content (AvgIpc) is 2.75. The third kappa shape index (κ3) is 8.89. The van der Waals surface area contributed by atoms with E-state index in [0.717, 1.165) is 11.1 Å². The Bertz CT molecular complexity index is 864. The average molecular weight is 496 g/mol. The first-order valence-electron chi connectivity index (χ1n) is 11.0. The maximum absolute atomic E-state index is 13.6. The number of carbonyl (C=O) groups excluding carboxylic acids is 4. The van der Waals surface area contributed by atoms with Crippen molar-refractivity contribution in [1.82, 2.24) is 15.5 Å². The van der Waals surface area contributed by atoms with Crippen molar-refractivity contribution in [2.75, 3.05) is 32.7 Å². The summed E-state index contributed by atoms with van der Waals surface area (Å²) in [4.78, 5) is 52.1. The van der Waals surface area contributed by atoms with Crippen LogP contribution in [0.4, 0.5) is 4.79 Å². The molecule has 2 unspecified atom stereocenters. The lowest BCUT2D eigenvalue weighted by Crippen LogP contribution is -2.52. The summed E-state index contributed by atoms with van der Waals surface area (Å²) in [5, 5.41) is 5.20. The molecule has 34 heavy (non-hydrogen) atoms. The molecule has 1 aromatic carbocycles. The summed E-state index contributed by atoms with van der Waals surface area (Å²) in [6.45, 7) is 8.59. The van der Waals surface area contributed by atoms with Gasteiger partial charge in [0.1, 0.15) is 24.2 Å². The van der Waals surface area contributed by atoms with Gasteiger partial charge in [0.05, 0.1) is 7.11 Å². The maximum atomic E-state index is 13.6. The molecule has 2 N–H and O–H groups in total. The molecule has 0 bridgehead atoms. The van der Waals surface area contributed by atoms with Gasteiger partial charge in [-0.25, -0.2) is 4.79 Å². The highest BCUT2D eigenvalue weighted by atomic mass is 32.2. The number of methoxy groups -OCH3 is 1. The van der Waals surface area contributed by atoms with Crippen LogP contribution in [0.2, 0.25) is 0 Å². The van der Waals surface area contributed by atoms with Crippen molar-refractivity contribution in [3.63, 3.8) is 0 Å². The Balaban J connectivity index is 3.31. The van der Waals surface area contributed by atoms with Crippen molar-refractivity contribution in [1.29, 1.82) is 0 Å². The largest absolute Gasteiger partial charge is 0.468 e. The minimum atomic E-state index is -1.02. The predicted octanol–water partition coefficient (Wildman–Crippen LogP) is 2.74. The Kier molecular flexibility index (Phi) is 11.4. The lowest BCUT2D eigenvalue weighted by molar-refractivity contribution is -0.143. The van der Waals surface area contributed by atoms with Crippen LogP contribution < -0.4 is 10.6 Å². The molecule has 9 nitrogen and oxygen atoms in total. The van der Waals surface area contributed by atoms with Gasteiger partial charge < -0.3 is 25.0 Å². The number of amides is 3. The molecule has 0 radical (unpaired) electrons. The number of nitrogens with zero attached hydrogens (tertiary/aromatic N) is 1. The zero-order valence-corrected chi connectivity index (χ0v) is 22.1. The number of aryl methyl sites for hydroxylation is 2. The van der Waals surface area contributed by atoms with Crippen molar-refractivity contribution in [2.45, 2.75) is 58.7 Å². The summed E-state index contributed by atoms with van der Waals surface area (Å²) in [5.41, 5.74) is 1.57. The topological polar surface area (TPSA) is 114 Å². The van der Waals surface area contributed by atoms with Gasteiger partial charge in [-0.15, -0.1) is 0 Å². The number of benzene rings is 1. The molecular weight excluding hydrogens is 458 g/mol.